The van der Waals surface area contributed by atoms with Gasteiger partial charge in [-0.05, 0) is 87.1 Å². The maximum absolute atomic E-state index is 12.3. The Hall–Kier alpha value is -1.94. The van der Waals surface area contributed by atoms with Crippen LogP contribution in [0.4, 0.5) is 0 Å². The van der Waals surface area contributed by atoms with Gasteiger partial charge in [0.15, 0.2) is 0 Å². The van der Waals surface area contributed by atoms with Crippen LogP contribution in [0.2, 0.25) is 0 Å². The number of piperidine rings is 1. The Bertz CT molecular complexity index is 838. The maximum atomic E-state index is 12.3. The summed E-state index contributed by atoms with van der Waals surface area (Å²) >= 11 is 0. The van der Waals surface area contributed by atoms with Crippen LogP contribution in [0, 0.1) is 24.7 Å². The van der Waals surface area contributed by atoms with E-state index >= 15 is 0 Å². The first kappa shape index (κ1) is 22.3. The van der Waals surface area contributed by atoms with Crippen LogP contribution in [0.15, 0.2) is 36.7 Å². The molecule has 31 heavy (non-hydrogen) atoms. The molecular formula is C27H39N3O. The molecule has 1 aliphatic heterocycles. The predicted octanol–water partition coefficient (Wildman–Crippen LogP) is 5.60. The predicted molar refractivity (Wildman–Crippen MR) is 126 cm³/mol. The number of carbonyl (C=O) groups excluding carboxylic acids is 1. The maximum Gasteiger partial charge on any atom is 0.138 e. The summed E-state index contributed by atoms with van der Waals surface area (Å²) in [5.41, 5.74) is 4.14. The summed E-state index contributed by atoms with van der Waals surface area (Å²) in [5, 5.41) is 4.45. The number of carbonyl (C=O) groups is 1. The van der Waals surface area contributed by atoms with E-state index in [4.69, 9.17) is 0 Å². The molecule has 1 saturated heterocycles. The zero-order chi connectivity index (χ0) is 21.8. The van der Waals surface area contributed by atoms with Gasteiger partial charge in [0, 0.05) is 31.1 Å². The van der Waals surface area contributed by atoms with Crippen molar-refractivity contribution < 1.29 is 4.79 Å². The minimum Gasteiger partial charge on any atom is -0.299 e. The van der Waals surface area contributed by atoms with E-state index in [2.05, 4.69) is 52.1 Å². The molecule has 4 heteroatoms. The average Bonchev–Trinajstić information content (AvgIpc) is 3.19. The topological polar surface area (TPSA) is 38.1 Å². The van der Waals surface area contributed by atoms with E-state index in [-0.39, 0.29) is 5.92 Å². The number of likely N-dealkylation sites (tertiary alicyclic amines) is 1. The van der Waals surface area contributed by atoms with E-state index in [1.54, 1.807) is 0 Å². The van der Waals surface area contributed by atoms with Gasteiger partial charge in [-0.25, -0.2) is 0 Å². The van der Waals surface area contributed by atoms with Crippen molar-refractivity contribution in [3.05, 3.63) is 53.3 Å². The van der Waals surface area contributed by atoms with Crippen molar-refractivity contribution in [1.82, 2.24) is 14.7 Å². The van der Waals surface area contributed by atoms with Crippen molar-refractivity contribution in [2.75, 3.05) is 13.1 Å². The molecule has 1 aliphatic carbocycles. The third kappa shape index (κ3) is 5.85. The lowest BCUT2D eigenvalue weighted by Crippen LogP contribution is -2.34. The zero-order valence-electron chi connectivity index (χ0n) is 19.6. The van der Waals surface area contributed by atoms with Gasteiger partial charge in [-0.1, -0.05) is 38.1 Å². The number of ketones is 1. The molecule has 1 aromatic heterocycles. The molecule has 168 valence electrons. The van der Waals surface area contributed by atoms with Crippen LogP contribution in [0.3, 0.4) is 0 Å². The molecule has 2 heterocycles. The summed E-state index contributed by atoms with van der Waals surface area (Å²) < 4.78 is 2.11. The number of rotatable bonds is 7. The Labute approximate surface area is 188 Å². The lowest BCUT2D eigenvalue weighted by atomic mass is 9.75. The molecule has 1 aromatic carbocycles. The number of hydrogen-bond acceptors (Lipinski definition) is 3. The summed E-state index contributed by atoms with van der Waals surface area (Å²) in [4.78, 5) is 14.9. The molecule has 0 bridgehead atoms. The Balaban J connectivity index is 1.22. The molecule has 4 rings (SSSR count). The van der Waals surface area contributed by atoms with Gasteiger partial charge in [-0.2, -0.15) is 5.10 Å². The molecule has 2 aromatic rings. The second-order valence-corrected chi connectivity index (χ2v) is 10.3. The lowest BCUT2D eigenvalue weighted by Gasteiger charge is -2.32. The fraction of sp³-hybridized carbons (Fsp3) is 0.630. The van der Waals surface area contributed by atoms with E-state index in [1.807, 2.05) is 20.0 Å². The number of hydrogen-bond donors (Lipinski definition) is 0. The van der Waals surface area contributed by atoms with Gasteiger partial charge in [0.1, 0.15) is 5.78 Å². The Morgan fingerprint density at radius 2 is 1.71 bits per heavy atom. The van der Waals surface area contributed by atoms with Gasteiger partial charge in [-0.3, -0.25) is 14.4 Å². The standard InChI is InChI=1S/C27H39N3O/c1-20(2)27(31)26-10-8-25(9-11-26)24-6-4-22(5-7-24)18-29-14-12-23(13-15-29)19-30-17-21(3)16-28-30/h4-7,16-17,20,23,25-26H,8-15,18-19H2,1-3H3/t25-,26+. The van der Waals surface area contributed by atoms with Crippen molar-refractivity contribution in [2.45, 2.75) is 78.3 Å². The third-order valence-electron chi connectivity index (χ3n) is 7.47. The zero-order valence-corrected chi connectivity index (χ0v) is 19.6. The second kappa shape index (κ2) is 10.1. The van der Waals surface area contributed by atoms with Crippen molar-refractivity contribution in [3.8, 4) is 0 Å². The third-order valence-corrected chi connectivity index (χ3v) is 7.47. The summed E-state index contributed by atoms with van der Waals surface area (Å²) in [5.74, 6) is 2.33. The number of aryl methyl sites for hydroxylation is 1. The second-order valence-electron chi connectivity index (χ2n) is 10.3. The van der Waals surface area contributed by atoms with E-state index in [0.717, 1.165) is 44.7 Å². The molecule has 4 nitrogen and oxygen atoms in total. The monoisotopic (exact) mass is 421 g/mol. The molecule has 2 fully saturated rings. The van der Waals surface area contributed by atoms with Crippen molar-refractivity contribution in [1.29, 1.82) is 0 Å². The SMILES string of the molecule is Cc1cnn(CC2CCN(Cc3ccc([C@H]4CC[C@@H](C(=O)C(C)C)CC4)cc3)CC2)c1. The number of Topliss-reactive ketones (excluding diaryl/α,β-unsaturated/α-hetero) is 1. The van der Waals surface area contributed by atoms with Crippen LogP contribution in [0.5, 0.6) is 0 Å². The summed E-state index contributed by atoms with van der Waals surface area (Å²) in [6.45, 7) is 10.7. The van der Waals surface area contributed by atoms with Crippen LogP contribution in [0.1, 0.15) is 75.0 Å². The molecule has 1 saturated carbocycles. The largest absolute Gasteiger partial charge is 0.299 e. The Kier molecular flexibility index (Phi) is 7.27. The van der Waals surface area contributed by atoms with Crippen molar-refractivity contribution in [2.24, 2.45) is 17.8 Å². The van der Waals surface area contributed by atoms with Gasteiger partial charge in [0.25, 0.3) is 0 Å². The summed E-state index contributed by atoms with van der Waals surface area (Å²) in [6, 6.07) is 9.35. The fourth-order valence-corrected chi connectivity index (χ4v) is 5.49. The number of benzene rings is 1. The highest BCUT2D eigenvalue weighted by molar-refractivity contribution is 5.82. The summed E-state index contributed by atoms with van der Waals surface area (Å²) in [7, 11) is 0. The van der Waals surface area contributed by atoms with Crippen LogP contribution >= 0.6 is 0 Å². The summed E-state index contributed by atoms with van der Waals surface area (Å²) in [6.07, 6.45) is 11.1. The van der Waals surface area contributed by atoms with Crippen LogP contribution in [-0.2, 0) is 17.9 Å². The Morgan fingerprint density at radius 1 is 1.03 bits per heavy atom. The van der Waals surface area contributed by atoms with Gasteiger partial charge >= 0.3 is 0 Å². The van der Waals surface area contributed by atoms with Gasteiger partial charge < -0.3 is 0 Å². The van der Waals surface area contributed by atoms with E-state index in [9.17, 15) is 4.79 Å². The molecular weight excluding hydrogens is 382 g/mol. The molecule has 0 amide bonds. The highest BCUT2D eigenvalue weighted by atomic mass is 16.1. The molecule has 0 atom stereocenters. The van der Waals surface area contributed by atoms with Crippen LogP contribution < -0.4 is 0 Å². The van der Waals surface area contributed by atoms with Gasteiger partial charge in [0.05, 0.1) is 6.20 Å². The lowest BCUT2D eigenvalue weighted by molar-refractivity contribution is -0.126. The minimum atomic E-state index is 0.181. The van der Waals surface area contributed by atoms with E-state index < -0.39 is 0 Å². The van der Waals surface area contributed by atoms with Gasteiger partial charge in [0.2, 0.25) is 0 Å². The van der Waals surface area contributed by atoms with Crippen LogP contribution in [-0.4, -0.2) is 33.6 Å². The van der Waals surface area contributed by atoms with E-state index in [0.29, 0.717) is 17.6 Å². The fourth-order valence-electron chi connectivity index (χ4n) is 5.49. The molecule has 0 radical (unpaired) electrons. The van der Waals surface area contributed by atoms with Crippen molar-refractivity contribution >= 4 is 5.78 Å². The molecule has 0 N–H and O–H groups in total. The van der Waals surface area contributed by atoms with Gasteiger partial charge in [-0.15, -0.1) is 0 Å². The quantitative estimate of drug-likeness (QED) is 0.584. The first-order chi connectivity index (χ1) is 15.0. The highest BCUT2D eigenvalue weighted by Gasteiger charge is 2.28. The van der Waals surface area contributed by atoms with Crippen molar-refractivity contribution in [3.63, 3.8) is 0 Å². The first-order valence-corrected chi connectivity index (χ1v) is 12.3. The highest BCUT2D eigenvalue weighted by Crippen LogP contribution is 2.37. The molecule has 2 aliphatic rings. The first-order valence-electron chi connectivity index (χ1n) is 12.3. The Morgan fingerprint density at radius 3 is 2.29 bits per heavy atom. The molecule has 0 unspecified atom stereocenters. The van der Waals surface area contributed by atoms with E-state index in [1.165, 1.54) is 42.6 Å². The average molecular weight is 422 g/mol. The van der Waals surface area contributed by atoms with Crippen LogP contribution in [0.25, 0.3) is 0 Å². The smallest absolute Gasteiger partial charge is 0.138 e. The normalized spacial score (nSPS) is 23.4. The minimum absolute atomic E-state index is 0.181. The number of nitrogens with zero attached hydrogens (tertiary/aromatic N) is 3. The molecule has 0 spiro atoms. The number of aromatic nitrogens is 2.